The van der Waals surface area contributed by atoms with Crippen molar-refractivity contribution in [3.63, 3.8) is 0 Å². The Morgan fingerprint density at radius 1 is 1.06 bits per heavy atom. The highest BCUT2D eigenvalue weighted by molar-refractivity contribution is 5.85. The summed E-state index contributed by atoms with van der Waals surface area (Å²) in [7, 11) is 1.68. The summed E-state index contributed by atoms with van der Waals surface area (Å²) < 4.78 is 17.2. The number of carbonyl (C=O) groups is 1. The molecule has 6 heteroatoms. The fourth-order valence-corrected chi connectivity index (χ4v) is 4.74. The second-order valence-corrected chi connectivity index (χ2v) is 8.91. The van der Waals surface area contributed by atoms with Gasteiger partial charge in [-0.3, -0.25) is 9.78 Å². The molecule has 33 heavy (non-hydrogen) atoms. The number of aryl methyl sites for hydroxylation is 1. The molecule has 2 aliphatic heterocycles. The van der Waals surface area contributed by atoms with Crippen LogP contribution in [0.5, 0.6) is 11.5 Å². The number of amides is 1. The number of methoxy groups -OCH3 is 1. The Hall–Kier alpha value is -3.12. The van der Waals surface area contributed by atoms with E-state index in [0.29, 0.717) is 6.61 Å². The van der Waals surface area contributed by atoms with E-state index in [1.54, 1.807) is 7.11 Å². The first-order valence-electron chi connectivity index (χ1n) is 11.7. The summed E-state index contributed by atoms with van der Waals surface area (Å²) in [5.74, 6) is 1.86. The minimum absolute atomic E-state index is 0.129. The lowest BCUT2D eigenvalue weighted by Gasteiger charge is -2.33. The summed E-state index contributed by atoms with van der Waals surface area (Å²) in [6.07, 6.45) is 5.32. The smallest absolute Gasteiger partial charge is 0.251 e. The van der Waals surface area contributed by atoms with Crippen LogP contribution in [0.4, 0.5) is 0 Å². The van der Waals surface area contributed by atoms with E-state index < -0.39 is 0 Å². The van der Waals surface area contributed by atoms with Gasteiger partial charge in [-0.25, -0.2) is 0 Å². The van der Waals surface area contributed by atoms with Gasteiger partial charge in [-0.1, -0.05) is 12.1 Å². The first kappa shape index (κ1) is 21.7. The number of likely N-dealkylation sites (tertiary alicyclic amines) is 1. The van der Waals surface area contributed by atoms with Crippen LogP contribution in [-0.2, 0) is 9.53 Å². The first-order chi connectivity index (χ1) is 16.1. The molecule has 2 aliphatic rings. The van der Waals surface area contributed by atoms with Gasteiger partial charge in [0.1, 0.15) is 23.7 Å². The fraction of sp³-hybridized carbons (Fsp3) is 0.407. The van der Waals surface area contributed by atoms with Crippen molar-refractivity contribution in [2.75, 3.05) is 26.8 Å². The van der Waals surface area contributed by atoms with Gasteiger partial charge in [0.2, 0.25) is 0 Å². The first-order valence-corrected chi connectivity index (χ1v) is 11.7. The van der Waals surface area contributed by atoms with Crippen molar-refractivity contribution in [2.24, 2.45) is 0 Å². The lowest BCUT2D eigenvalue weighted by Crippen LogP contribution is -2.45. The number of carbonyl (C=O) groups excluding carboxylic acids is 1. The van der Waals surface area contributed by atoms with Crippen LogP contribution in [0.1, 0.15) is 31.2 Å². The molecular weight excluding hydrogens is 416 g/mol. The van der Waals surface area contributed by atoms with E-state index in [9.17, 15) is 4.79 Å². The average Bonchev–Trinajstić information content (AvgIpc) is 3.39. The molecule has 1 amide bonds. The molecule has 2 aromatic carbocycles. The highest BCUT2D eigenvalue weighted by Gasteiger charge is 2.31. The molecule has 2 fully saturated rings. The Morgan fingerprint density at radius 3 is 2.55 bits per heavy atom. The van der Waals surface area contributed by atoms with Gasteiger partial charge in [0.05, 0.1) is 12.6 Å². The molecule has 1 atom stereocenters. The predicted molar refractivity (Wildman–Crippen MR) is 128 cm³/mol. The van der Waals surface area contributed by atoms with Crippen molar-refractivity contribution < 1.29 is 19.0 Å². The van der Waals surface area contributed by atoms with Gasteiger partial charge in [-0.2, -0.15) is 0 Å². The standard InChI is InChI=1S/C27H30N2O4/c1-18-14-20-15-21(17-28-24(20)16-26(18)31-2)19-5-7-22(8-6-19)33-23-9-11-29(12-10-23)27(30)25-4-3-13-32-25/h5-8,14-17,23,25H,3-4,9-13H2,1-2H3. The third kappa shape index (κ3) is 4.67. The molecule has 0 spiro atoms. The molecule has 3 aromatic rings. The minimum atomic E-state index is -0.231. The number of piperidine rings is 1. The lowest BCUT2D eigenvalue weighted by molar-refractivity contribution is -0.142. The zero-order valence-electron chi connectivity index (χ0n) is 19.3. The van der Waals surface area contributed by atoms with Gasteiger partial charge < -0.3 is 19.1 Å². The molecule has 0 bridgehead atoms. The summed E-state index contributed by atoms with van der Waals surface area (Å²) in [6, 6.07) is 14.4. The Kier molecular flexibility index (Phi) is 6.18. The number of rotatable bonds is 5. The predicted octanol–water partition coefficient (Wildman–Crippen LogP) is 4.77. The van der Waals surface area contributed by atoms with Crippen LogP contribution < -0.4 is 9.47 Å². The van der Waals surface area contributed by atoms with Crippen molar-refractivity contribution in [2.45, 2.75) is 44.8 Å². The number of hydrogen-bond acceptors (Lipinski definition) is 5. The van der Waals surface area contributed by atoms with Crippen LogP contribution in [0.25, 0.3) is 22.0 Å². The van der Waals surface area contributed by atoms with Gasteiger partial charge in [0, 0.05) is 55.8 Å². The Morgan fingerprint density at radius 2 is 1.85 bits per heavy atom. The molecular formula is C27H30N2O4. The number of ether oxygens (including phenoxy) is 3. The maximum Gasteiger partial charge on any atom is 0.251 e. The largest absolute Gasteiger partial charge is 0.496 e. The summed E-state index contributed by atoms with van der Waals surface area (Å²) in [4.78, 5) is 19.1. The van der Waals surface area contributed by atoms with E-state index in [1.165, 1.54) is 0 Å². The summed E-state index contributed by atoms with van der Waals surface area (Å²) in [5.41, 5.74) is 4.18. The molecule has 0 saturated carbocycles. The van der Waals surface area contributed by atoms with E-state index >= 15 is 0 Å². The van der Waals surface area contributed by atoms with Gasteiger partial charge in [-0.15, -0.1) is 0 Å². The van der Waals surface area contributed by atoms with E-state index in [0.717, 1.165) is 77.9 Å². The third-order valence-corrected chi connectivity index (χ3v) is 6.65. The monoisotopic (exact) mass is 446 g/mol. The van der Waals surface area contributed by atoms with Crippen molar-refractivity contribution in [3.8, 4) is 22.6 Å². The Balaban J connectivity index is 1.21. The van der Waals surface area contributed by atoms with E-state index in [4.69, 9.17) is 14.2 Å². The fourth-order valence-electron chi connectivity index (χ4n) is 4.74. The lowest BCUT2D eigenvalue weighted by atomic mass is 10.0. The zero-order valence-corrected chi connectivity index (χ0v) is 19.3. The molecule has 1 aromatic heterocycles. The molecule has 0 aliphatic carbocycles. The Bertz CT molecular complexity index is 1130. The molecule has 1 unspecified atom stereocenters. The average molecular weight is 447 g/mol. The SMILES string of the molecule is COc1cc2ncc(-c3ccc(OC4CCN(C(=O)C5CCCO5)CC4)cc3)cc2cc1C. The van der Waals surface area contributed by atoms with Crippen LogP contribution >= 0.6 is 0 Å². The van der Waals surface area contributed by atoms with Crippen molar-refractivity contribution >= 4 is 16.8 Å². The van der Waals surface area contributed by atoms with E-state index in [1.807, 2.05) is 36.2 Å². The second kappa shape index (κ2) is 9.40. The molecule has 2 saturated heterocycles. The number of aromatic nitrogens is 1. The number of hydrogen-bond donors (Lipinski definition) is 0. The highest BCUT2D eigenvalue weighted by Crippen LogP contribution is 2.29. The number of pyridine rings is 1. The van der Waals surface area contributed by atoms with Crippen LogP contribution in [0.15, 0.2) is 48.7 Å². The number of benzene rings is 2. The highest BCUT2D eigenvalue weighted by atomic mass is 16.5. The maximum atomic E-state index is 12.5. The third-order valence-electron chi connectivity index (χ3n) is 6.65. The summed E-state index contributed by atoms with van der Waals surface area (Å²) in [6.45, 7) is 4.21. The topological polar surface area (TPSA) is 60.9 Å². The molecule has 6 nitrogen and oxygen atoms in total. The molecule has 0 radical (unpaired) electrons. The van der Waals surface area contributed by atoms with Crippen molar-refractivity contribution in [1.82, 2.24) is 9.88 Å². The number of nitrogens with zero attached hydrogens (tertiary/aromatic N) is 2. The number of fused-ring (bicyclic) bond motifs is 1. The molecule has 172 valence electrons. The van der Waals surface area contributed by atoms with Gasteiger partial charge in [0.25, 0.3) is 5.91 Å². The second-order valence-electron chi connectivity index (χ2n) is 8.91. The summed E-state index contributed by atoms with van der Waals surface area (Å²) >= 11 is 0. The van der Waals surface area contributed by atoms with E-state index in [2.05, 4.69) is 29.2 Å². The van der Waals surface area contributed by atoms with Crippen LogP contribution in [0.3, 0.4) is 0 Å². The normalized spacial score (nSPS) is 19.1. The zero-order chi connectivity index (χ0) is 22.8. The van der Waals surface area contributed by atoms with Crippen LogP contribution in [-0.4, -0.2) is 54.8 Å². The molecule has 5 rings (SSSR count). The van der Waals surface area contributed by atoms with E-state index in [-0.39, 0.29) is 18.1 Å². The van der Waals surface area contributed by atoms with Crippen molar-refractivity contribution in [3.05, 3.63) is 54.2 Å². The van der Waals surface area contributed by atoms with Crippen LogP contribution in [0, 0.1) is 6.92 Å². The van der Waals surface area contributed by atoms with Crippen LogP contribution in [0.2, 0.25) is 0 Å². The van der Waals surface area contributed by atoms with Gasteiger partial charge in [0.15, 0.2) is 0 Å². The minimum Gasteiger partial charge on any atom is -0.496 e. The summed E-state index contributed by atoms with van der Waals surface area (Å²) in [5, 5.41) is 1.09. The Labute approximate surface area is 194 Å². The molecule has 0 N–H and O–H groups in total. The molecule has 3 heterocycles. The quantitative estimate of drug-likeness (QED) is 0.565. The van der Waals surface area contributed by atoms with Gasteiger partial charge in [-0.05, 0) is 55.2 Å². The van der Waals surface area contributed by atoms with Crippen molar-refractivity contribution in [1.29, 1.82) is 0 Å². The maximum absolute atomic E-state index is 12.5. The van der Waals surface area contributed by atoms with Gasteiger partial charge >= 0.3 is 0 Å².